The Bertz CT molecular complexity index is 2260. The molecule has 3 heterocycles. The number of nitrogens with two attached hydrogens (primary N) is 1. The summed E-state index contributed by atoms with van der Waals surface area (Å²) in [6, 6.07) is 17.9. The molecule has 1 amide bonds. The summed E-state index contributed by atoms with van der Waals surface area (Å²) >= 11 is 6.27. The fraction of sp³-hybridized carbons (Fsp3) is 0.242. The highest BCUT2D eigenvalue weighted by atomic mass is 35.5. The molecule has 0 saturated carbocycles. The Morgan fingerprint density at radius 3 is 2.09 bits per heavy atom. The second kappa shape index (κ2) is 16.3. The van der Waals surface area contributed by atoms with Crippen molar-refractivity contribution in [1.82, 2.24) is 24.8 Å². The number of benzene rings is 3. The summed E-state index contributed by atoms with van der Waals surface area (Å²) in [5.41, 5.74) is 9.82. The molecule has 1 atom stereocenters. The lowest BCUT2D eigenvalue weighted by Crippen LogP contribution is -2.52. The van der Waals surface area contributed by atoms with Gasteiger partial charge in [-0.1, -0.05) is 47.5 Å². The average Bonchev–Trinajstić information content (AvgIpc) is 3.45. The minimum Gasteiger partial charge on any atom is -0.475 e. The van der Waals surface area contributed by atoms with E-state index in [2.05, 4.69) is 15.0 Å². The number of nitrogen functional groups attached to an aromatic ring is 1. The monoisotopic (exact) mass is 802 g/mol. The van der Waals surface area contributed by atoms with Crippen molar-refractivity contribution in [2.45, 2.75) is 36.1 Å². The number of fused-ring (bicyclic) bond motifs is 2. The van der Waals surface area contributed by atoms with Crippen LogP contribution < -0.4 is 5.73 Å². The molecule has 0 aliphatic carbocycles. The maximum atomic E-state index is 14.1. The summed E-state index contributed by atoms with van der Waals surface area (Å²) in [6.07, 6.45) is -7.08. The molecule has 21 heteroatoms. The van der Waals surface area contributed by atoms with Crippen LogP contribution in [0.25, 0.3) is 21.8 Å². The van der Waals surface area contributed by atoms with E-state index in [1.54, 1.807) is 52.4 Å². The molecule has 1 aliphatic heterocycles. The van der Waals surface area contributed by atoms with E-state index in [0.717, 1.165) is 27.4 Å². The molecule has 1 aliphatic rings. The molecule has 5 N–H and O–H groups in total. The Morgan fingerprint density at radius 1 is 0.926 bits per heavy atom. The number of carbonyl (C=O) groups is 3. The van der Waals surface area contributed by atoms with Crippen molar-refractivity contribution < 1.29 is 59.4 Å². The van der Waals surface area contributed by atoms with E-state index < -0.39 is 39.5 Å². The molecule has 1 unspecified atom stereocenters. The maximum absolute atomic E-state index is 14.1. The number of anilines is 1. The Balaban J connectivity index is 0.000000396. The highest BCUT2D eigenvalue weighted by molar-refractivity contribution is 7.91. The van der Waals surface area contributed by atoms with Crippen molar-refractivity contribution in [3.63, 3.8) is 0 Å². The number of sulfone groups is 1. The first-order chi connectivity index (χ1) is 25.1. The van der Waals surface area contributed by atoms with Gasteiger partial charge in [0.1, 0.15) is 17.5 Å². The van der Waals surface area contributed by atoms with Gasteiger partial charge in [0.2, 0.25) is 5.91 Å². The quantitative estimate of drug-likeness (QED) is 0.153. The number of aliphatic carboxylic acids is 2. The molecule has 3 aromatic carbocycles. The minimum absolute atomic E-state index is 0.0397. The topological polar surface area (TPSA) is 200 Å². The number of alkyl halides is 6. The molecule has 6 rings (SSSR count). The first-order valence-corrected chi connectivity index (χ1v) is 17.2. The van der Waals surface area contributed by atoms with Crippen molar-refractivity contribution >= 4 is 66.9 Å². The summed E-state index contributed by atoms with van der Waals surface area (Å²) in [4.78, 5) is 46.3. The lowest BCUT2D eigenvalue weighted by Gasteiger charge is -2.38. The fourth-order valence-corrected chi connectivity index (χ4v) is 7.31. The third-order valence-corrected chi connectivity index (χ3v) is 10.3. The third kappa shape index (κ3) is 9.94. The molecular weight excluding hydrogens is 774 g/mol. The van der Waals surface area contributed by atoms with Crippen molar-refractivity contribution in [2.24, 2.45) is 0 Å². The predicted molar refractivity (Wildman–Crippen MR) is 183 cm³/mol. The molecule has 54 heavy (non-hydrogen) atoms. The Kier molecular flexibility index (Phi) is 12.4. The molecule has 0 radical (unpaired) electrons. The summed E-state index contributed by atoms with van der Waals surface area (Å²) in [5, 5.41) is 15.3. The highest BCUT2D eigenvalue weighted by Crippen LogP contribution is 2.36. The first kappa shape index (κ1) is 41.3. The van der Waals surface area contributed by atoms with Gasteiger partial charge < -0.3 is 25.8 Å². The van der Waals surface area contributed by atoms with E-state index in [1.807, 2.05) is 31.2 Å². The summed E-state index contributed by atoms with van der Waals surface area (Å²) < 4.78 is 91.7. The number of rotatable bonds is 6. The van der Waals surface area contributed by atoms with Crippen molar-refractivity contribution in [3.8, 4) is 0 Å². The normalized spacial score (nSPS) is 14.5. The molecule has 1 saturated heterocycles. The Hall–Kier alpha value is -5.47. The number of aromatic nitrogens is 3. The smallest absolute Gasteiger partial charge is 0.475 e. The van der Waals surface area contributed by atoms with Crippen LogP contribution in [0.15, 0.2) is 78.1 Å². The van der Waals surface area contributed by atoms with Crippen molar-refractivity contribution in [2.75, 3.05) is 25.4 Å². The molecule has 2 aromatic heterocycles. The number of nitrogens with one attached hydrogen (secondary N) is 1. The van der Waals surface area contributed by atoms with E-state index in [-0.39, 0.29) is 17.3 Å². The number of H-pyrrole nitrogens is 1. The van der Waals surface area contributed by atoms with Gasteiger partial charge in [0.15, 0.2) is 9.84 Å². The molecule has 13 nitrogen and oxygen atoms in total. The number of aryl methyl sites for hydroxylation is 1. The third-order valence-electron chi connectivity index (χ3n) is 7.85. The van der Waals surface area contributed by atoms with Gasteiger partial charge in [-0.2, -0.15) is 26.3 Å². The van der Waals surface area contributed by atoms with Crippen LogP contribution >= 0.6 is 11.6 Å². The number of carboxylic acids is 2. The number of carbonyl (C=O) groups excluding carboxylic acids is 1. The number of carboxylic acid groups (broad SMARTS) is 2. The first-order valence-electron chi connectivity index (χ1n) is 15.3. The standard InChI is InChI=1S/C29H27ClN6O3S.2C2HF3O2/c1-18-2-6-21(7-3-18)40(38,39)29(20-5-9-22-24(30)14-32-26(22)13-20)36-11-10-35(27(37)16-36)15-19-4-8-23-25(12-19)33-17-34-28(23)31;2*3-2(4,5)1(6)7/h2-9,12-14,17,29,32H,10-11,15-16H2,1H3,(H2,31,33,34);2*(H,6,7). The van der Waals surface area contributed by atoms with Crippen LogP contribution in [0.2, 0.25) is 5.02 Å². The fourth-order valence-electron chi connectivity index (χ4n) is 5.24. The maximum Gasteiger partial charge on any atom is 0.490 e. The van der Waals surface area contributed by atoms with Crippen molar-refractivity contribution in [1.29, 1.82) is 0 Å². The number of aromatic amines is 1. The molecule has 1 fully saturated rings. The van der Waals surface area contributed by atoms with Gasteiger partial charge >= 0.3 is 24.3 Å². The van der Waals surface area contributed by atoms with Gasteiger partial charge in [-0.05, 0) is 48.4 Å². The number of hydrogen-bond donors (Lipinski definition) is 4. The minimum atomic E-state index is -5.08. The van der Waals surface area contributed by atoms with E-state index in [4.69, 9.17) is 37.1 Å². The van der Waals surface area contributed by atoms with Crippen LogP contribution in [0, 0.1) is 6.92 Å². The van der Waals surface area contributed by atoms with Crippen molar-refractivity contribution in [3.05, 3.63) is 94.9 Å². The van der Waals surface area contributed by atoms with Crippen LogP contribution in [0.5, 0.6) is 0 Å². The average molecular weight is 803 g/mol. The second-order valence-corrected chi connectivity index (χ2v) is 14.1. The highest BCUT2D eigenvalue weighted by Gasteiger charge is 2.40. The molecular formula is C33H29ClF6N6O7S. The molecule has 0 spiro atoms. The van der Waals surface area contributed by atoms with Crippen LogP contribution in [0.4, 0.5) is 32.2 Å². The van der Waals surface area contributed by atoms with Gasteiger partial charge in [-0.15, -0.1) is 0 Å². The number of hydrogen-bond acceptors (Lipinski definition) is 9. The second-order valence-electron chi connectivity index (χ2n) is 11.7. The molecule has 5 aromatic rings. The SMILES string of the molecule is Cc1ccc(S(=O)(=O)C(c2ccc3c(Cl)c[nH]c3c2)N2CCN(Cc3ccc4c(N)ncnc4c3)C(=O)C2)cc1.O=C(O)C(F)(F)F.O=C(O)C(F)(F)F. The number of piperazine rings is 1. The van der Waals surface area contributed by atoms with E-state index in [0.29, 0.717) is 41.6 Å². The van der Waals surface area contributed by atoms with Crippen LogP contribution in [-0.4, -0.2) is 93.2 Å². The van der Waals surface area contributed by atoms with Gasteiger partial charge in [0.25, 0.3) is 0 Å². The predicted octanol–water partition coefficient (Wildman–Crippen LogP) is 5.74. The summed E-state index contributed by atoms with van der Waals surface area (Å²) in [6.45, 7) is 3.01. The Morgan fingerprint density at radius 2 is 1.52 bits per heavy atom. The molecule has 288 valence electrons. The zero-order valence-corrected chi connectivity index (χ0v) is 29.3. The summed E-state index contributed by atoms with van der Waals surface area (Å²) in [7, 11) is -3.88. The number of nitrogens with zero attached hydrogens (tertiary/aromatic N) is 4. The molecule has 0 bridgehead atoms. The zero-order valence-electron chi connectivity index (χ0n) is 27.7. The lowest BCUT2D eigenvalue weighted by molar-refractivity contribution is -0.193. The number of amides is 1. The van der Waals surface area contributed by atoms with Crippen LogP contribution in [-0.2, 0) is 30.8 Å². The van der Waals surface area contributed by atoms with Gasteiger partial charge in [0.05, 0.1) is 22.0 Å². The number of halogens is 7. The summed E-state index contributed by atoms with van der Waals surface area (Å²) in [5.74, 6) is -5.26. The zero-order chi connectivity index (χ0) is 40.2. The van der Waals surface area contributed by atoms with Gasteiger partial charge in [-0.25, -0.2) is 28.0 Å². The van der Waals surface area contributed by atoms with E-state index >= 15 is 0 Å². The van der Waals surface area contributed by atoms with Gasteiger partial charge in [0, 0.05) is 42.1 Å². The van der Waals surface area contributed by atoms with Gasteiger partial charge in [-0.3, -0.25) is 9.69 Å². The van der Waals surface area contributed by atoms with E-state index in [9.17, 15) is 39.6 Å². The van der Waals surface area contributed by atoms with E-state index in [1.165, 1.54) is 6.33 Å². The van der Waals surface area contributed by atoms with Crippen LogP contribution in [0.1, 0.15) is 22.1 Å². The largest absolute Gasteiger partial charge is 0.490 e. The van der Waals surface area contributed by atoms with Crippen LogP contribution in [0.3, 0.4) is 0 Å². The Labute approximate surface area is 306 Å². The lowest BCUT2D eigenvalue weighted by atomic mass is 10.1.